The highest BCUT2D eigenvalue weighted by atomic mass is 16.5. The van der Waals surface area contributed by atoms with Crippen molar-refractivity contribution in [3.63, 3.8) is 0 Å². The van der Waals surface area contributed by atoms with E-state index in [2.05, 4.69) is 10.2 Å². The summed E-state index contributed by atoms with van der Waals surface area (Å²) in [4.78, 5) is 14.8. The maximum atomic E-state index is 12.7. The maximum Gasteiger partial charge on any atom is 0.232 e. The number of nitrogens with two attached hydrogens (primary N) is 1. The van der Waals surface area contributed by atoms with E-state index in [9.17, 15) is 4.79 Å². The summed E-state index contributed by atoms with van der Waals surface area (Å²) in [6.07, 6.45) is 1.34. The van der Waals surface area contributed by atoms with Gasteiger partial charge >= 0.3 is 0 Å². The number of amides is 1. The Labute approximate surface area is 130 Å². The summed E-state index contributed by atoms with van der Waals surface area (Å²) in [6, 6.07) is 5.73. The van der Waals surface area contributed by atoms with Crippen LogP contribution in [-0.2, 0) is 9.53 Å². The van der Waals surface area contributed by atoms with Crippen LogP contribution in [0.5, 0.6) is 5.75 Å². The van der Waals surface area contributed by atoms with Gasteiger partial charge in [0.15, 0.2) is 0 Å². The van der Waals surface area contributed by atoms with Crippen LogP contribution < -0.4 is 20.7 Å². The van der Waals surface area contributed by atoms with E-state index in [1.807, 2.05) is 25.2 Å². The lowest BCUT2D eigenvalue weighted by Gasteiger charge is -2.34. The first-order chi connectivity index (χ1) is 10.6. The van der Waals surface area contributed by atoms with Crippen LogP contribution in [0.25, 0.3) is 0 Å². The molecule has 6 heteroatoms. The van der Waals surface area contributed by atoms with E-state index in [-0.39, 0.29) is 5.91 Å². The lowest BCUT2D eigenvalue weighted by molar-refractivity contribution is -0.130. The maximum absolute atomic E-state index is 12.7. The van der Waals surface area contributed by atoms with Crippen LogP contribution >= 0.6 is 0 Å². The zero-order valence-electron chi connectivity index (χ0n) is 12.9. The van der Waals surface area contributed by atoms with Gasteiger partial charge in [-0.2, -0.15) is 0 Å². The summed E-state index contributed by atoms with van der Waals surface area (Å²) in [5, 5.41) is 3.02. The molecule has 0 aliphatic carbocycles. The van der Waals surface area contributed by atoms with E-state index in [1.165, 1.54) is 0 Å². The summed E-state index contributed by atoms with van der Waals surface area (Å²) < 4.78 is 11.0. The topological polar surface area (TPSA) is 76.8 Å². The van der Waals surface area contributed by atoms with Crippen molar-refractivity contribution in [1.82, 2.24) is 0 Å². The zero-order chi connectivity index (χ0) is 15.6. The number of hydrogen-bond acceptors (Lipinski definition) is 5. The Hall–Kier alpha value is -1.79. The number of fused-ring (bicyclic) bond motifs is 1. The van der Waals surface area contributed by atoms with Crippen molar-refractivity contribution in [3.05, 3.63) is 18.2 Å². The Kier molecular flexibility index (Phi) is 4.22. The highest BCUT2D eigenvalue weighted by Gasteiger charge is 2.38. The van der Waals surface area contributed by atoms with Crippen LogP contribution in [0.1, 0.15) is 12.8 Å². The fourth-order valence-electron chi connectivity index (χ4n) is 2.98. The third kappa shape index (κ3) is 2.76. The summed E-state index contributed by atoms with van der Waals surface area (Å²) in [7, 11) is 2.02. The molecule has 0 bridgehead atoms. The van der Waals surface area contributed by atoms with E-state index in [1.54, 1.807) is 0 Å². The second kappa shape index (κ2) is 6.14. The third-order valence-electron chi connectivity index (χ3n) is 4.63. The molecule has 120 valence electrons. The smallest absolute Gasteiger partial charge is 0.232 e. The molecule has 1 aromatic carbocycles. The van der Waals surface area contributed by atoms with Gasteiger partial charge in [0.1, 0.15) is 12.4 Å². The number of rotatable bonds is 3. The van der Waals surface area contributed by atoms with Crippen molar-refractivity contribution < 1.29 is 14.3 Å². The van der Waals surface area contributed by atoms with Gasteiger partial charge in [0.25, 0.3) is 0 Å². The predicted molar refractivity (Wildman–Crippen MR) is 85.4 cm³/mol. The first kappa shape index (κ1) is 15.1. The van der Waals surface area contributed by atoms with Gasteiger partial charge in [-0.25, -0.2) is 0 Å². The first-order valence-electron chi connectivity index (χ1n) is 7.72. The second-order valence-corrected chi connectivity index (χ2v) is 6.00. The van der Waals surface area contributed by atoms with Crippen LogP contribution in [-0.4, -0.2) is 45.9 Å². The summed E-state index contributed by atoms with van der Waals surface area (Å²) in [5.41, 5.74) is 7.14. The molecule has 1 aromatic rings. The lowest BCUT2D eigenvalue weighted by atomic mass is 9.79. The number of likely N-dealkylation sites (N-methyl/N-ethyl adjacent to an activating group) is 1. The predicted octanol–water partition coefficient (Wildman–Crippen LogP) is 1.21. The molecule has 2 aliphatic rings. The highest BCUT2D eigenvalue weighted by Crippen LogP contribution is 2.35. The fraction of sp³-hybridized carbons (Fsp3) is 0.562. The Balaban J connectivity index is 1.77. The largest absolute Gasteiger partial charge is 0.490 e. The number of benzene rings is 1. The molecule has 0 radical (unpaired) electrons. The van der Waals surface area contributed by atoms with Crippen LogP contribution in [0.3, 0.4) is 0 Å². The average molecular weight is 305 g/mol. The third-order valence-corrected chi connectivity index (χ3v) is 4.63. The minimum Gasteiger partial charge on any atom is -0.490 e. The number of nitrogens with one attached hydrogen (secondary N) is 1. The summed E-state index contributed by atoms with van der Waals surface area (Å²) in [6.45, 7) is 3.05. The molecule has 1 saturated heterocycles. The molecule has 0 unspecified atom stereocenters. The lowest BCUT2D eigenvalue weighted by Crippen LogP contribution is -2.46. The van der Waals surface area contributed by atoms with E-state index in [0.717, 1.165) is 23.7 Å². The van der Waals surface area contributed by atoms with Crippen molar-refractivity contribution >= 4 is 17.3 Å². The Bertz CT molecular complexity index is 556. The van der Waals surface area contributed by atoms with E-state index in [0.29, 0.717) is 39.2 Å². The van der Waals surface area contributed by atoms with Gasteiger partial charge in [0.2, 0.25) is 5.91 Å². The van der Waals surface area contributed by atoms with Crippen LogP contribution in [0, 0.1) is 5.41 Å². The van der Waals surface area contributed by atoms with Crippen LogP contribution in [0.4, 0.5) is 11.4 Å². The minimum absolute atomic E-state index is 0.0161. The molecular formula is C16H23N3O3. The fourth-order valence-corrected chi connectivity index (χ4v) is 2.98. The van der Waals surface area contributed by atoms with Gasteiger partial charge in [0, 0.05) is 32.5 Å². The van der Waals surface area contributed by atoms with Crippen molar-refractivity contribution in [2.45, 2.75) is 12.8 Å². The Morgan fingerprint density at radius 2 is 2.14 bits per heavy atom. The van der Waals surface area contributed by atoms with Crippen molar-refractivity contribution in [2.75, 3.05) is 50.2 Å². The average Bonchev–Trinajstić information content (AvgIpc) is 2.56. The molecule has 1 amide bonds. The highest BCUT2D eigenvalue weighted by molar-refractivity contribution is 5.96. The normalized spacial score (nSPS) is 20.0. The minimum atomic E-state index is -0.517. The number of ether oxygens (including phenoxy) is 2. The monoisotopic (exact) mass is 305 g/mol. The summed E-state index contributed by atoms with van der Waals surface area (Å²) >= 11 is 0. The quantitative estimate of drug-likeness (QED) is 0.878. The number of hydrogen-bond donors (Lipinski definition) is 2. The molecule has 2 aliphatic heterocycles. The van der Waals surface area contributed by atoms with Crippen LogP contribution in [0.2, 0.25) is 0 Å². The molecule has 0 saturated carbocycles. The zero-order valence-corrected chi connectivity index (χ0v) is 12.9. The van der Waals surface area contributed by atoms with Crippen LogP contribution in [0.15, 0.2) is 18.2 Å². The standard InChI is InChI=1S/C16H23N3O3/c1-19-6-9-22-14-3-2-12(10-13(14)19)18-15(20)16(11-17)4-7-21-8-5-16/h2-3,10H,4-9,11,17H2,1H3,(H,18,20). The second-order valence-electron chi connectivity index (χ2n) is 6.00. The van der Waals surface area contributed by atoms with E-state index < -0.39 is 5.41 Å². The van der Waals surface area contributed by atoms with Gasteiger partial charge in [-0.3, -0.25) is 4.79 Å². The number of nitrogens with zero attached hydrogens (tertiary/aromatic N) is 1. The van der Waals surface area contributed by atoms with E-state index >= 15 is 0 Å². The number of anilines is 2. The van der Waals surface area contributed by atoms with Crippen molar-refractivity contribution in [1.29, 1.82) is 0 Å². The molecule has 6 nitrogen and oxygen atoms in total. The van der Waals surface area contributed by atoms with Crippen molar-refractivity contribution in [2.24, 2.45) is 11.1 Å². The molecule has 22 heavy (non-hydrogen) atoms. The SMILES string of the molecule is CN1CCOc2ccc(NC(=O)C3(CN)CCOCC3)cc21. The van der Waals surface area contributed by atoms with Gasteiger partial charge in [-0.1, -0.05) is 0 Å². The Morgan fingerprint density at radius 3 is 2.86 bits per heavy atom. The van der Waals surface area contributed by atoms with Gasteiger partial charge in [0.05, 0.1) is 17.6 Å². The number of carbonyl (C=O) groups excluding carboxylic acids is 1. The summed E-state index contributed by atoms with van der Waals surface area (Å²) in [5.74, 6) is 0.837. The molecule has 1 fully saturated rings. The first-order valence-corrected chi connectivity index (χ1v) is 7.72. The van der Waals surface area contributed by atoms with Gasteiger partial charge < -0.3 is 25.4 Å². The molecule has 2 heterocycles. The molecule has 0 spiro atoms. The molecule has 3 N–H and O–H groups in total. The number of carbonyl (C=O) groups is 1. The molecule has 0 aromatic heterocycles. The molecule has 0 atom stereocenters. The van der Waals surface area contributed by atoms with Crippen molar-refractivity contribution in [3.8, 4) is 5.75 Å². The molecule has 3 rings (SSSR count). The Morgan fingerprint density at radius 1 is 1.36 bits per heavy atom. The van der Waals surface area contributed by atoms with Gasteiger partial charge in [-0.15, -0.1) is 0 Å². The van der Waals surface area contributed by atoms with Gasteiger partial charge in [-0.05, 0) is 31.0 Å². The molecular weight excluding hydrogens is 282 g/mol. The van der Waals surface area contributed by atoms with E-state index in [4.69, 9.17) is 15.2 Å².